The van der Waals surface area contributed by atoms with Crippen LogP contribution in [0.4, 0.5) is 18.9 Å². The molecule has 1 unspecified atom stereocenters. The van der Waals surface area contributed by atoms with Gasteiger partial charge in [-0.25, -0.2) is 0 Å². The molecule has 1 heterocycles. The van der Waals surface area contributed by atoms with Gasteiger partial charge in [-0.1, -0.05) is 0 Å². The quantitative estimate of drug-likeness (QED) is 0.631. The van der Waals surface area contributed by atoms with Crippen molar-refractivity contribution in [2.75, 3.05) is 11.9 Å². The minimum Gasteiger partial charge on any atom is -0.426 e. The van der Waals surface area contributed by atoms with Gasteiger partial charge in [0.25, 0.3) is 0 Å². The maximum absolute atomic E-state index is 12.6. The van der Waals surface area contributed by atoms with Crippen molar-refractivity contribution < 1.29 is 27.5 Å². The highest BCUT2D eigenvalue weighted by atomic mass is 79.9. The van der Waals surface area contributed by atoms with E-state index in [9.17, 15) is 22.8 Å². The molecule has 1 aliphatic heterocycles. The number of Topliss-reactive ketones (excluding diaryl/α,β-unsaturated/α-hetero) is 1. The summed E-state index contributed by atoms with van der Waals surface area (Å²) in [6.07, 6.45) is -4.61. The lowest BCUT2D eigenvalue weighted by Crippen LogP contribution is -2.34. The number of hydrogen-bond donors (Lipinski definition) is 1. The number of ether oxygens (including phenoxy) is 1. The molecule has 8 heteroatoms. The van der Waals surface area contributed by atoms with Crippen molar-refractivity contribution in [2.45, 2.75) is 25.9 Å². The van der Waals surface area contributed by atoms with Gasteiger partial charge in [0.15, 0.2) is 0 Å². The third-order valence-electron chi connectivity index (χ3n) is 3.39. The predicted molar refractivity (Wildman–Crippen MR) is 76.8 cm³/mol. The summed E-state index contributed by atoms with van der Waals surface area (Å²) in [5, 5.41) is 2.85. The van der Waals surface area contributed by atoms with Gasteiger partial charge in [0.2, 0.25) is 5.78 Å². The Labute approximate surface area is 133 Å². The average Bonchev–Trinajstić information content (AvgIpc) is 2.63. The van der Waals surface area contributed by atoms with Crippen molar-refractivity contribution >= 4 is 33.4 Å². The summed E-state index contributed by atoms with van der Waals surface area (Å²) < 4.78 is 43.4. The van der Waals surface area contributed by atoms with Crippen LogP contribution < -0.4 is 10.1 Å². The van der Waals surface area contributed by atoms with Crippen LogP contribution in [0.5, 0.6) is 5.75 Å². The SMILES string of the molecule is CC(=O)Oc1ccc(Br)c2c1CCC(C(=O)C(F)(F)F)CN2. The van der Waals surface area contributed by atoms with Gasteiger partial charge in [0, 0.05) is 29.4 Å². The first-order valence-electron chi connectivity index (χ1n) is 6.55. The number of alkyl halides is 3. The zero-order chi connectivity index (χ0) is 16.5. The van der Waals surface area contributed by atoms with E-state index in [1.54, 1.807) is 12.1 Å². The van der Waals surface area contributed by atoms with Crippen molar-refractivity contribution in [3.63, 3.8) is 0 Å². The second-order valence-electron chi connectivity index (χ2n) is 4.97. The zero-order valence-corrected chi connectivity index (χ0v) is 13.2. The molecule has 0 bridgehead atoms. The molecule has 22 heavy (non-hydrogen) atoms. The summed E-state index contributed by atoms with van der Waals surface area (Å²) in [5.74, 6) is -3.13. The molecule has 0 saturated carbocycles. The Morgan fingerprint density at radius 1 is 1.36 bits per heavy atom. The summed E-state index contributed by atoms with van der Waals surface area (Å²) in [6.45, 7) is 1.13. The number of carbonyl (C=O) groups is 2. The maximum Gasteiger partial charge on any atom is 0.450 e. The number of rotatable bonds is 2. The van der Waals surface area contributed by atoms with Crippen LogP contribution in [0.1, 0.15) is 18.9 Å². The van der Waals surface area contributed by atoms with E-state index in [0.29, 0.717) is 21.5 Å². The molecule has 1 N–H and O–H groups in total. The van der Waals surface area contributed by atoms with Crippen LogP contribution in [-0.2, 0) is 16.0 Å². The topological polar surface area (TPSA) is 55.4 Å². The van der Waals surface area contributed by atoms with E-state index in [4.69, 9.17) is 4.74 Å². The summed E-state index contributed by atoms with van der Waals surface area (Å²) in [7, 11) is 0. The second-order valence-corrected chi connectivity index (χ2v) is 5.83. The van der Waals surface area contributed by atoms with E-state index in [-0.39, 0.29) is 19.4 Å². The number of carbonyl (C=O) groups excluding carboxylic acids is 2. The lowest BCUT2D eigenvalue weighted by molar-refractivity contribution is -0.175. The highest BCUT2D eigenvalue weighted by molar-refractivity contribution is 9.10. The number of anilines is 1. The van der Waals surface area contributed by atoms with E-state index < -0.39 is 23.8 Å². The van der Waals surface area contributed by atoms with Gasteiger partial charge in [-0.3, -0.25) is 9.59 Å². The van der Waals surface area contributed by atoms with Crippen molar-refractivity contribution in [1.29, 1.82) is 0 Å². The third kappa shape index (κ3) is 3.60. The zero-order valence-electron chi connectivity index (χ0n) is 11.6. The molecule has 1 aliphatic rings. The fourth-order valence-corrected chi connectivity index (χ4v) is 2.90. The third-order valence-corrected chi connectivity index (χ3v) is 4.05. The van der Waals surface area contributed by atoms with E-state index in [1.165, 1.54) is 6.92 Å². The highest BCUT2D eigenvalue weighted by Crippen LogP contribution is 2.38. The Bertz CT molecular complexity index is 616. The average molecular weight is 380 g/mol. The van der Waals surface area contributed by atoms with Crippen LogP contribution in [0.15, 0.2) is 16.6 Å². The molecule has 1 atom stereocenters. The van der Waals surface area contributed by atoms with Gasteiger partial charge in [0.05, 0.1) is 5.69 Å². The molecule has 0 spiro atoms. The van der Waals surface area contributed by atoms with Crippen LogP contribution in [-0.4, -0.2) is 24.5 Å². The largest absolute Gasteiger partial charge is 0.450 e. The summed E-state index contributed by atoms with van der Waals surface area (Å²) in [5.41, 5.74) is 1.14. The van der Waals surface area contributed by atoms with Crippen molar-refractivity contribution in [2.24, 2.45) is 5.92 Å². The van der Waals surface area contributed by atoms with Crippen molar-refractivity contribution in [3.05, 3.63) is 22.2 Å². The molecule has 2 rings (SSSR count). The smallest absolute Gasteiger partial charge is 0.426 e. The standard InChI is InChI=1S/C14H13BrF3NO3/c1-7(20)22-11-5-4-10(15)12-9(11)3-2-8(6-19-12)13(21)14(16,17)18/h4-5,8,19H,2-3,6H2,1H3. The molecule has 0 aliphatic carbocycles. The Morgan fingerprint density at radius 2 is 2.05 bits per heavy atom. The van der Waals surface area contributed by atoms with Gasteiger partial charge in [-0.15, -0.1) is 0 Å². The lowest BCUT2D eigenvalue weighted by Gasteiger charge is -2.15. The van der Waals surface area contributed by atoms with Gasteiger partial charge in [-0.05, 0) is 40.9 Å². The second kappa shape index (κ2) is 6.28. The minimum absolute atomic E-state index is 0.0308. The van der Waals surface area contributed by atoms with Gasteiger partial charge in [-0.2, -0.15) is 13.2 Å². The summed E-state index contributed by atoms with van der Waals surface area (Å²) >= 11 is 3.30. The van der Waals surface area contributed by atoms with Gasteiger partial charge >= 0.3 is 12.1 Å². The number of benzene rings is 1. The number of hydrogen-bond acceptors (Lipinski definition) is 4. The highest BCUT2D eigenvalue weighted by Gasteiger charge is 2.43. The Kier molecular flexibility index (Phi) is 4.79. The first kappa shape index (κ1) is 16.8. The van der Waals surface area contributed by atoms with Gasteiger partial charge < -0.3 is 10.1 Å². The number of halogens is 4. The van der Waals surface area contributed by atoms with Crippen LogP contribution in [0.2, 0.25) is 0 Å². The molecule has 0 radical (unpaired) electrons. The Balaban J connectivity index is 2.29. The Morgan fingerprint density at radius 3 is 2.64 bits per heavy atom. The molecule has 0 saturated heterocycles. The van der Waals surface area contributed by atoms with Crippen LogP contribution in [0, 0.1) is 5.92 Å². The first-order chi connectivity index (χ1) is 10.2. The summed E-state index contributed by atoms with van der Waals surface area (Å²) in [6, 6.07) is 3.20. The predicted octanol–water partition coefficient (Wildman–Crippen LogP) is 3.48. The fourth-order valence-electron chi connectivity index (χ4n) is 2.39. The van der Waals surface area contributed by atoms with Crippen molar-refractivity contribution in [3.8, 4) is 5.75 Å². The summed E-state index contributed by atoms with van der Waals surface area (Å²) in [4.78, 5) is 22.5. The van der Waals surface area contributed by atoms with E-state index >= 15 is 0 Å². The molecule has 0 amide bonds. The molecular formula is C14H13BrF3NO3. The number of esters is 1. The monoisotopic (exact) mass is 379 g/mol. The van der Waals surface area contributed by atoms with Crippen molar-refractivity contribution in [1.82, 2.24) is 0 Å². The normalized spacial score (nSPS) is 18.0. The molecular weight excluding hydrogens is 367 g/mol. The van der Waals surface area contributed by atoms with E-state index in [1.807, 2.05) is 0 Å². The molecule has 0 aromatic heterocycles. The molecule has 1 aromatic rings. The van der Waals surface area contributed by atoms with Crippen LogP contribution >= 0.6 is 15.9 Å². The fraction of sp³-hybridized carbons (Fsp3) is 0.429. The molecule has 1 aromatic carbocycles. The number of fused-ring (bicyclic) bond motifs is 1. The number of nitrogens with one attached hydrogen (secondary N) is 1. The van der Waals surface area contributed by atoms with Gasteiger partial charge in [0.1, 0.15) is 5.75 Å². The minimum atomic E-state index is -4.85. The molecule has 120 valence electrons. The first-order valence-corrected chi connectivity index (χ1v) is 7.34. The lowest BCUT2D eigenvalue weighted by atomic mass is 9.96. The molecule has 0 fully saturated rings. The van der Waals surface area contributed by atoms with Crippen LogP contribution in [0.25, 0.3) is 0 Å². The molecule has 4 nitrogen and oxygen atoms in total. The maximum atomic E-state index is 12.6. The van der Waals surface area contributed by atoms with E-state index in [0.717, 1.165) is 0 Å². The van der Waals surface area contributed by atoms with E-state index in [2.05, 4.69) is 21.2 Å². The van der Waals surface area contributed by atoms with Crippen LogP contribution in [0.3, 0.4) is 0 Å². The number of ketones is 1. The Hall–Kier alpha value is -1.57.